The van der Waals surface area contributed by atoms with Crippen molar-refractivity contribution in [1.29, 1.82) is 0 Å². The molecular weight excluding hydrogens is 247 g/mol. The van der Waals surface area contributed by atoms with Gasteiger partial charge in [-0.25, -0.2) is 4.39 Å². The Balaban J connectivity index is 2.65. The van der Waals surface area contributed by atoms with Crippen molar-refractivity contribution in [3.63, 3.8) is 0 Å². The van der Waals surface area contributed by atoms with E-state index in [0.29, 0.717) is 12.2 Å². The van der Waals surface area contributed by atoms with Gasteiger partial charge in [0, 0.05) is 6.07 Å². The highest BCUT2D eigenvalue weighted by Gasteiger charge is 2.26. The van der Waals surface area contributed by atoms with E-state index >= 15 is 0 Å². The first-order valence-corrected chi connectivity index (χ1v) is 6.28. The van der Waals surface area contributed by atoms with Gasteiger partial charge >= 0.3 is 5.97 Å². The third-order valence-electron chi connectivity index (χ3n) is 2.64. The molecule has 3 nitrogen and oxygen atoms in total. The molecule has 0 aromatic heterocycles. The van der Waals surface area contributed by atoms with Gasteiger partial charge in [-0.05, 0) is 24.0 Å². The van der Waals surface area contributed by atoms with Gasteiger partial charge < -0.3 is 9.47 Å². The van der Waals surface area contributed by atoms with Gasteiger partial charge in [0.05, 0.1) is 13.0 Å². The van der Waals surface area contributed by atoms with Crippen LogP contribution in [0.4, 0.5) is 4.39 Å². The quantitative estimate of drug-likeness (QED) is 0.767. The standard InChI is InChI=1S/C15H21FO3/c1-15(2,3)9-11(14(17)18-4)10-19-13-7-5-6-12(16)8-13/h5-8,11H,9-10H2,1-4H3. The third kappa shape index (κ3) is 5.73. The molecule has 1 aromatic carbocycles. The lowest BCUT2D eigenvalue weighted by Gasteiger charge is -2.24. The SMILES string of the molecule is COC(=O)C(COc1cccc(F)c1)CC(C)(C)C. The summed E-state index contributed by atoms with van der Waals surface area (Å²) in [5.74, 6) is -0.592. The van der Waals surface area contributed by atoms with Crippen LogP contribution in [0.3, 0.4) is 0 Å². The largest absolute Gasteiger partial charge is 0.493 e. The molecule has 4 heteroatoms. The minimum absolute atomic E-state index is 0.00977. The molecule has 0 N–H and O–H groups in total. The molecule has 19 heavy (non-hydrogen) atoms. The van der Waals surface area contributed by atoms with Gasteiger partial charge in [0.1, 0.15) is 18.2 Å². The average Bonchev–Trinajstić information content (AvgIpc) is 2.32. The number of methoxy groups -OCH3 is 1. The maximum Gasteiger partial charge on any atom is 0.312 e. The Labute approximate surface area is 113 Å². The average molecular weight is 268 g/mol. The van der Waals surface area contributed by atoms with E-state index in [9.17, 15) is 9.18 Å². The molecule has 1 unspecified atom stereocenters. The van der Waals surface area contributed by atoms with Gasteiger partial charge in [-0.2, -0.15) is 0 Å². The lowest BCUT2D eigenvalue weighted by atomic mass is 9.85. The van der Waals surface area contributed by atoms with Crippen molar-refractivity contribution in [2.75, 3.05) is 13.7 Å². The van der Waals surface area contributed by atoms with Crippen LogP contribution in [-0.4, -0.2) is 19.7 Å². The maximum absolute atomic E-state index is 13.0. The summed E-state index contributed by atoms with van der Waals surface area (Å²) in [5.41, 5.74) is -0.00977. The topological polar surface area (TPSA) is 35.5 Å². The highest BCUT2D eigenvalue weighted by molar-refractivity contribution is 5.72. The van der Waals surface area contributed by atoms with E-state index in [1.807, 2.05) is 20.8 Å². The molecule has 0 fully saturated rings. The summed E-state index contributed by atoms with van der Waals surface area (Å²) in [6.07, 6.45) is 0.648. The number of hydrogen-bond acceptors (Lipinski definition) is 3. The number of hydrogen-bond donors (Lipinski definition) is 0. The second kappa shape index (κ2) is 6.55. The van der Waals surface area contributed by atoms with E-state index in [2.05, 4.69) is 0 Å². The highest BCUT2D eigenvalue weighted by atomic mass is 19.1. The summed E-state index contributed by atoms with van der Waals surface area (Å²) < 4.78 is 23.3. The predicted octanol–water partition coefficient (Wildman–Crippen LogP) is 3.43. The second-order valence-corrected chi connectivity index (χ2v) is 5.75. The molecule has 0 aliphatic heterocycles. The smallest absolute Gasteiger partial charge is 0.312 e. The number of rotatable bonds is 5. The molecule has 0 spiro atoms. The fourth-order valence-electron chi connectivity index (χ4n) is 1.87. The summed E-state index contributed by atoms with van der Waals surface area (Å²) in [4.78, 5) is 11.7. The first-order chi connectivity index (χ1) is 8.81. The lowest BCUT2D eigenvalue weighted by Crippen LogP contribution is -2.27. The second-order valence-electron chi connectivity index (χ2n) is 5.75. The number of halogens is 1. The number of ether oxygens (including phenoxy) is 2. The Bertz CT molecular complexity index is 424. The van der Waals surface area contributed by atoms with Crippen molar-refractivity contribution < 1.29 is 18.7 Å². The molecular formula is C15H21FO3. The van der Waals surface area contributed by atoms with Crippen LogP contribution in [0, 0.1) is 17.2 Å². The van der Waals surface area contributed by atoms with Crippen LogP contribution >= 0.6 is 0 Å². The van der Waals surface area contributed by atoms with Crippen LogP contribution in [0.2, 0.25) is 0 Å². The van der Waals surface area contributed by atoms with Crippen molar-refractivity contribution in [1.82, 2.24) is 0 Å². The van der Waals surface area contributed by atoms with Crippen LogP contribution in [0.15, 0.2) is 24.3 Å². The van der Waals surface area contributed by atoms with Crippen molar-refractivity contribution in [2.24, 2.45) is 11.3 Å². The fraction of sp³-hybridized carbons (Fsp3) is 0.533. The summed E-state index contributed by atoms with van der Waals surface area (Å²) in [6.45, 7) is 6.33. The Morgan fingerprint density at radius 2 is 2.05 bits per heavy atom. The van der Waals surface area contributed by atoms with E-state index in [1.165, 1.54) is 19.2 Å². The molecule has 0 heterocycles. The van der Waals surface area contributed by atoms with E-state index < -0.39 is 0 Å². The minimum Gasteiger partial charge on any atom is -0.493 e. The third-order valence-corrected chi connectivity index (χ3v) is 2.64. The number of carbonyl (C=O) groups excluding carboxylic acids is 1. The zero-order valence-electron chi connectivity index (χ0n) is 11.9. The number of carbonyl (C=O) groups is 1. The molecule has 0 aliphatic carbocycles. The Morgan fingerprint density at radius 1 is 1.37 bits per heavy atom. The summed E-state index contributed by atoms with van der Waals surface area (Å²) in [7, 11) is 1.36. The van der Waals surface area contributed by atoms with Gasteiger partial charge in [0.25, 0.3) is 0 Å². The summed E-state index contributed by atoms with van der Waals surface area (Å²) in [5, 5.41) is 0. The number of benzene rings is 1. The Hall–Kier alpha value is -1.58. The predicted molar refractivity (Wildman–Crippen MR) is 71.5 cm³/mol. The fourth-order valence-corrected chi connectivity index (χ4v) is 1.87. The van der Waals surface area contributed by atoms with E-state index in [0.717, 1.165) is 0 Å². The normalized spacial score (nSPS) is 12.9. The molecule has 1 rings (SSSR count). The van der Waals surface area contributed by atoms with Crippen LogP contribution in [0.5, 0.6) is 5.75 Å². The lowest BCUT2D eigenvalue weighted by molar-refractivity contribution is -0.147. The van der Waals surface area contributed by atoms with Crippen LogP contribution in [0.1, 0.15) is 27.2 Å². The summed E-state index contributed by atoms with van der Waals surface area (Å²) in [6, 6.07) is 5.88. The van der Waals surface area contributed by atoms with Crippen molar-refractivity contribution >= 4 is 5.97 Å². The first-order valence-electron chi connectivity index (χ1n) is 6.28. The maximum atomic E-state index is 13.0. The van der Waals surface area contributed by atoms with Gasteiger partial charge in [0.2, 0.25) is 0 Å². The zero-order chi connectivity index (χ0) is 14.5. The minimum atomic E-state index is -0.358. The van der Waals surface area contributed by atoms with Crippen LogP contribution in [-0.2, 0) is 9.53 Å². The Kier molecular flexibility index (Phi) is 5.33. The number of esters is 1. The van der Waals surface area contributed by atoms with Gasteiger partial charge in [-0.3, -0.25) is 4.79 Å². The molecule has 0 aliphatic rings. The van der Waals surface area contributed by atoms with Crippen molar-refractivity contribution in [3.05, 3.63) is 30.1 Å². The monoisotopic (exact) mass is 268 g/mol. The van der Waals surface area contributed by atoms with E-state index in [1.54, 1.807) is 12.1 Å². The molecule has 1 aromatic rings. The molecule has 0 saturated heterocycles. The van der Waals surface area contributed by atoms with Crippen molar-refractivity contribution in [3.8, 4) is 5.75 Å². The Morgan fingerprint density at radius 3 is 2.58 bits per heavy atom. The van der Waals surface area contributed by atoms with Crippen molar-refractivity contribution in [2.45, 2.75) is 27.2 Å². The molecule has 1 atom stereocenters. The van der Waals surface area contributed by atoms with Crippen LogP contribution in [0.25, 0.3) is 0 Å². The zero-order valence-corrected chi connectivity index (χ0v) is 11.9. The molecule has 106 valence electrons. The van der Waals surface area contributed by atoms with Gasteiger partial charge in [-0.1, -0.05) is 26.8 Å². The van der Waals surface area contributed by atoms with Gasteiger partial charge in [-0.15, -0.1) is 0 Å². The first kappa shape index (κ1) is 15.5. The molecule has 0 saturated carbocycles. The van der Waals surface area contributed by atoms with E-state index in [-0.39, 0.29) is 29.7 Å². The summed E-state index contributed by atoms with van der Waals surface area (Å²) >= 11 is 0. The molecule has 0 amide bonds. The molecule has 0 bridgehead atoms. The molecule has 0 radical (unpaired) electrons. The highest BCUT2D eigenvalue weighted by Crippen LogP contribution is 2.26. The van der Waals surface area contributed by atoms with Gasteiger partial charge in [0.15, 0.2) is 0 Å². The van der Waals surface area contributed by atoms with Crippen LogP contribution < -0.4 is 4.74 Å². The van der Waals surface area contributed by atoms with E-state index in [4.69, 9.17) is 9.47 Å².